The van der Waals surface area contributed by atoms with Crippen molar-refractivity contribution in [2.75, 3.05) is 25.0 Å². The molecular formula is C19H34IN5. The summed E-state index contributed by atoms with van der Waals surface area (Å²) in [7, 11) is 1.84. The average Bonchev–Trinajstić information content (AvgIpc) is 2.62. The molecule has 1 saturated carbocycles. The highest BCUT2D eigenvalue weighted by atomic mass is 127. The summed E-state index contributed by atoms with van der Waals surface area (Å²) in [5.41, 5.74) is 1.17. The number of hydrogen-bond acceptors (Lipinski definition) is 3. The van der Waals surface area contributed by atoms with E-state index in [0.29, 0.717) is 6.04 Å². The van der Waals surface area contributed by atoms with Crippen molar-refractivity contribution in [2.45, 2.75) is 59.0 Å². The molecule has 0 unspecified atom stereocenters. The van der Waals surface area contributed by atoms with Crippen molar-refractivity contribution in [3.8, 4) is 0 Å². The summed E-state index contributed by atoms with van der Waals surface area (Å²) < 4.78 is 0. The lowest BCUT2D eigenvalue weighted by atomic mass is 9.87. The number of aliphatic imine (C=N–C) groups is 1. The second-order valence-electron chi connectivity index (χ2n) is 6.72. The molecule has 0 saturated heterocycles. The van der Waals surface area contributed by atoms with Crippen molar-refractivity contribution in [2.24, 2.45) is 10.9 Å². The Labute approximate surface area is 170 Å². The second kappa shape index (κ2) is 11.5. The van der Waals surface area contributed by atoms with E-state index in [2.05, 4.69) is 58.4 Å². The number of guanidine groups is 1. The Kier molecular flexibility index (Phi) is 10.2. The Hall–Kier alpha value is -1.05. The van der Waals surface area contributed by atoms with Gasteiger partial charge in [0.25, 0.3) is 0 Å². The molecule has 1 aromatic rings. The second-order valence-corrected chi connectivity index (χ2v) is 6.72. The van der Waals surface area contributed by atoms with Gasteiger partial charge in [0.15, 0.2) is 5.96 Å². The molecule has 5 nitrogen and oxygen atoms in total. The number of rotatable bonds is 6. The maximum atomic E-state index is 4.57. The highest BCUT2D eigenvalue weighted by Crippen LogP contribution is 2.23. The third kappa shape index (κ3) is 6.99. The van der Waals surface area contributed by atoms with Crippen molar-refractivity contribution < 1.29 is 0 Å². The first-order valence-electron chi connectivity index (χ1n) is 9.33. The van der Waals surface area contributed by atoms with Crippen molar-refractivity contribution >= 4 is 35.8 Å². The van der Waals surface area contributed by atoms with Gasteiger partial charge in [-0.1, -0.05) is 13.0 Å². The van der Waals surface area contributed by atoms with E-state index < -0.39 is 0 Å². The van der Waals surface area contributed by atoms with Crippen LogP contribution in [-0.4, -0.2) is 37.1 Å². The molecule has 1 aliphatic carbocycles. The van der Waals surface area contributed by atoms with Crippen LogP contribution >= 0.6 is 24.0 Å². The first-order valence-corrected chi connectivity index (χ1v) is 9.33. The molecule has 2 N–H and O–H groups in total. The number of nitrogens with zero attached hydrogens (tertiary/aromatic N) is 3. The van der Waals surface area contributed by atoms with E-state index in [-0.39, 0.29) is 24.0 Å². The molecule has 0 bridgehead atoms. The lowest BCUT2D eigenvalue weighted by Gasteiger charge is -2.28. The topological polar surface area (TPSA) is 52.5 Å². The van der Waals surface area contributed by atoms with Gasteiger partial charge >= 0.3 is 0 Å². The van der Waals surface area contributed by atoms with Crippen LogP contribution in [0.4, 0.5) is 5.82 Å². The fourth-order valence-corrected chi connectivity index (χ4v) is 3.23. The fraction of sp³-hybridized carbons (Fsp3) is 0.684. The maximum Gasteiger partial charge on any atom is 0.191 e. The van der Waals surface area contributed by atoms with Crippen LogP contribution in [0.1, 0.15) is 52.0 Å². The molecule has 1 heterocycles. The normalized spacial score (nSPS) is 20.6. The zero-order valence-electron chi connectivity index (χ0n) is 16.1. The summed E-state index contributed by atoms with van der Waals surface area (Å²) in [6, 6.07) is 4.79. The lowest BCUT2D eigenvalue weighted by molar-refractivity contribution is 0.329. The summed E-state index contributed by atoms with van der Waals surface area (Å²) in [4.78, 5) is 11.2. The monoisotopic (exact) mass is 459 g/mol. The van der Waals surface area contributed by atoms with Gasteiger partial charge in [-0.05, 0) is 57.1 Å². The third-order valence-electron chi connectivity index (χ3n) is 4.94. The first kappa shape index (κ1) is 22.0. The largest absolute Gasteiger partial charge is 0.357 e. The van der Waals surface area contributed by atoms with Crippen LogP contribution in [0.5, 0.6) is 0 Å². The van der Waals surface area contributed by atoms with Crippen LogP contribution in [0, 0.1) is 5.92 Å². The quantitative estimate of drug-likeness (QED) is 0.386. The summed E-state index contributed by atoms with van der Waals surface area (Å²) in [5, 5.41) is 6.96. The average molecular weight is 459 g/mol. The number of anilines is 1. The van der Waals surface area contributed by atoms with E-state index in [0.717, 1.165) is 37.3 Å². The standard InChI is InChI=1S/C19H33N5.HI/c1-5-24(6-2)18-12-9-16(13-21-18)14-22-19(20-4)23-17-10-7-15(3)8-11-17;/h9,12-13,15,17H,5-8,10-11,14H2,1-4H3,(H2,20,22,23);1H. The summed E-state index contributed by atoms with van der Waals surface area (Å²) in [6.07, 6.45) is 7.05. The van der Waals surface area contributed by atoms with Crippen LogP contribution < -0.4 is 15.5 Å². The third-order valence-corrected chi connectivity index (χ3v) is 4.94. The minimum absolute atomic E-state index is 0. The van der Waals surface area contributed by atoms with Gasteiger partial charge in [-0.3, -0.25) is 4.99 Å². The molecule has 142 valence electrons. The highest BCUT2D eigenvalue weighted by molar-refractivity contribution is 14.0. The summed E-state index contributed by atoms with van der Waals surface area (Å²) in [5.74, 6) is 2.80. The Balaban J connectivity index is 0.00000312. The van der Waals surface area contributed by atoms with E-state index in [1.807, 2.05) is 13.2 Å². The van der Waals surface area contributed by atoms with E-state index >= 15 is 0 Å². The van der Waals surface area contributed by atoms with Gasteiger partial charge in [0.2, 0.25) is 0 Å². The van der Waals surface area contributed by atoms with Gasteiger partial charge in [-0.2, -0.15) is 0 Å². The van der Waals surface area contributed by atoms with Crippen molar-refractivity contribution in [3.05, 3.63) is 23.9 Å². The van der Waals surface area contributed by atoms with Crippen LogP contribution in [-0.2, 0) is 6.54 Å². The summed E-state index contributed by atoms with van der Waals surface area (Å²) in [6.45, 7) is 9.37. The van der Waals surface area contributed by atoms with Crippen LogP contribution in [0.3, 0.4) is 0 Å². The van der Waals surface area contributed by atoms with E-state index in [4.69, 9.17) is 0 Å². The van der Waals surface area contributed by atoms with Gasteiger partial charge < -0.3 is 15.5 Å². The van der Waals surface area contributed by atoms with E-state index in [1.165, 1.54) is 31.2 Å². The Morgan fingerprint density at radius 3 is 2.40 bits per heavy atom. The van der Waals surface area contributed by atoms with Crippen LogP contribution in [0.15, 0.2) is 23.3 Å². The van der Waals surface area contributed by atoms with Gasteiger partial charge in [0, 0.05) is 38.9 Å². The number of nitrogens with one attached hydrogen (secondary N) is 2. The smallest absolute Gasteiger partial charge is 0.191 e. The molecule has 0 aromatic carbocycles. The van der Waals surface area contributed by atoms with Crippen LogP contribution in [0.2, 0.25) is 0 Å². The zero-order chi connectivity index (χ0) is 17.4. The molecule has 1 aromatic heterocycles. The van der Waals surface area contributed by atoms with Gasteiger partial charge in [-0.15, -0.1) is 24.0 Å². The van der Waals surface area contributed by atoms with Crippen LogP contribution in [0.25, 0.3) is 0 Å². The lowest BCUT2D eigenvalue weighted by Crippen LogP contribution is -2.44. The molecule has 6 heteroatoms. The molecular weight excluding hydrogens is 425 g/mol. The first-order chi connectivity index (χ1) is 11.7. The maximum absolute atomic E-state index is 4.57. The number of aromatic nitrogens is 1. The summed E-state index contributed by atoms with van der Waals surface area (Å²) >= 11 is 0. The molecule has 0 spiro atoms. The number of halogens is 1. The predicted molar refractivity (Wildman–Crippen MR) is 118 cm³/mol. The zero-order valence-corrected chi connectivity index (χ0v) is 18.4. The van der Waals surface area contributed by atoms with E-state index in [1.54, 1.807) is 0 Å². The fourth-order valence-electron chi connectivity index (χ4n) is 3.23. The van der Waals surface area contributed by atoms with Gasteiger partial charge in [0.1, 0.15) is 5.82 Å². The predicted octanol–water partition coefficient (Wildman–Crippen LogP) is 3.79. The number of pyridine rings is 1. The number of hydrogen-bond donors (Lipinski definition) is 2. The SMILES string of the molecule is CCN(CC)c1ccc(CNC(=NC)NC2CCC(C)CC2)cn1.I. The molecule has 0 radical (unpaired) electrons. The molecule has 0 atom stereocenters. The Morgan fingerprint density at radius 1 is 1.20 bits per heavy atom. The molecule has 1 fully saturated rings. The molecule has 2 rings (SSSR count). The van der Waals surface area contributed by atoms with Crippen molar-refractivity contribution in [1.29, 1.82) is 0 Å². The molecule has 25 heavy (non-hydrogen) atoms. The minimum Gasteiger partial charge on any atom is -0.357 e. The minimum atomic E-state index is 0. The molecule has 0 amide bonds. The van der Waals surface area contributed by atoms with Crippen molar-refractivity contribution in [1.82, 2.24) is 15.6 Å². The Bertz CT molecular complexity index is 505. The van der Waals surface area contributed by atoms with Crippen molar-refractivity contribution in [3.63, 3.8) is 0 Å². The van der Waals surface area contributed by atoms with E-state index in [9.17, 15) is 0 Å². The Morgan fingerprint density at radius 2 is 1.88 bits per heavy atom. The molecule has 0 aliphatic heterocycles. The van der Waals surface area contributed by atoms with Gasteiger partial charge in [0.05, 0.1) is 0 Å². The highest BCUT2D eigenvalue weighted by Gasteiger charge is 2.18. The molecule has 1 aliphatic rings. The van der Waals surface area contributed by atoms with Gasteiger partial charge in [-0.25, -0.2) is 4.98 Å².